The third-order valence-corrected chi connectivity index (χ3v) is 3.38. The molecule has 0 spiro atoms. The average Bonchev–Trinajstić information content (AvgIpc) is 3.01. The predicted molar refractivity (Wildman–Crippen MR) is 73.0 cm³/mol. The molecule has 5 heteroatoms. The average molecular weight is 271 g/mol. The largest absolute Gasteiger partial charge is 0.495 e. The van der Waals surface area contributed by atoms with Gasteiger partial charge in [-0.1, -0.05) is 6.07 Å². The Morgan fingerprint density at radius 3 is 2.95 bits per heavy atom. The molecule has 0 aromatic heterocycles. The first kappa shape index (κ1) is 14.3. The Bertz CT molecular complexity index is 539. The number of rotatable bonds is 5. The fourth-order valence-corrected chi connectivity index (χ4v) is 2.29. The Labute approximate surface area is 118 Å². The maximum Gasteiger partial charge on any atom is 0.136 e. The van der Waals surface area contributed by atoms with Gasteiger partial charge in [0.25, 0.3) is 0 Å². The second-order valence-corrected chi connectivity index (χ2v) is 4.68. The van der Waals surface area contributed by atoms with E-state index in [-0.39, 0.29) is 6.10 Å². The van der Waals surface area contributed by atoms with E-state index in [9.17, 15) is 5.26 Å². The minimum Gasteiger partial charge on any atom is -0.495 e. The highest BCUT2D eigenvalue weighted by Gasteiger charge is 2.18. The van der Waals surface area contributed by atoms with Crippen LogP contribution in [0.3, 0.4) is 0 Å². The SMILES string of the molecule is COc1ccc(C(C#N)NCC2CCCO2)cc1C#N. The summed E-state index contributed by atoms with van der Waals surface area (Å²) >= 11 is 0. The maximum absolute atomic E-state index is 9.28. The molecule has 0 radical (unpaired) electrons. The minimum atomic E-state index is -0.447. The van der Waals surface area contributed by atoms with Gasteiger partial charge in [-0.25, -0.2) is 0 Å². The first-order valence-electron chi connectivity index (χ1n) is 6.61. The molecule has 104 valence electrons. The molecular weight excluding hydrogens is 254 g/mol. The standard InChI is InChI=1S/C15H17N3O2/c1-19-15-5-4-11(7-12(15)8-16)14(9-17)18-10-13-3-2-6-20-13/h4-5,7,13-14,18H,2-3,6,10H2,1H3. The lowest BCUT2D eigenvalue weighted by Gasteiger charge is -2.16. The van der Waals surface area contributed by atoms with Crippen molar-refractivity contribution in [3.05, 3.63) is 29.3 Å². The van der Waals surface area contributed by atoms with E-state index in [1.165, 1.54) is 7.11 Å². The summed E-state index contributed by atoms with van der Waals surface area (Å²) in [5.74, 6) is 0.520. The molecule has 0 aliphatic carbocycles. The fourth-order valence-electron chi connectivity index (χ4n) is 2.29. The molecule has 1 heterocycles. The summed E-state index contributed by atoms with van der Waals surface area (Å²) < 4.78 is 10.6. The van der Waals surface area contributed by atoms with Crippen LogP contribution in [-0.4, -0.2) is 26.4 Å². The summed E-state index contributed by atoms with van der Waals surface area (Å²) in [6.45, 7) is 1.44. The Morgan fingerprint density at radius 2 is 2.35 bits per heavy atom. The summed E-state index contributed by atoms with van der Waals surface area (Å²) in [6.07, 6.45) is 2.28. The van der Waals surface area contributed by atoms with Gasteiger partial charge in [0.15, 0.2) is 0 Å². The van der Waals surface area contributed by atoms with Crippen molar-refractivity contribution in [2.45, 2.75) is 25.0 Å². The number of nitriles is 2. The summed E-state index contributed by atoms with van der Waals surface area (Å²) in [5, 5.41) is 21.5. The van der Waals surface area contributed by atoms with E-state index >= 15 is 0 Å². The lowest BCUT2D eigenvalue weighted by atomic mass is 10.0. The number of nitrogens with zero attached hydrogens (tertiary/aromatic N) is 2. The Morgan fingerprint density at radius 1 is 1.50 bits per heavy atom. The van der Waals surface area contributed by atoms with Crippen LogP contribution in [0.1, 0.15) is 30.0 Å². The van der Waals surface area contributed by atoms with Crippen molar-refractivity contribution < 1.29 is 9.47 Å². The summed E-state index contributed by atoms with van der Waals surface area (Å²) in [7, 11) is 1.52. The monoisotopic (exact) mass is 271 g/mol. The second-order valence-electron chi connectivity index (χ2n) is 4.68. The molecule has 2 atom stereocenters. The molecule has 1 N–H and O–H groups in total. The number of nitrogens with one attached hydrogen (secondary N) is 1. The summed E-state index contributed by atoms with van der Waals surface area (Å²) in [6, 6.07) is 9.05. The molecule has 5 nitrogen and oxygen atoms in total. The second kappa shape index (κ2) is 6.91. The van der Waals surface area contributed by atoms with Crippen LogP contribution in [0.5, 0.6) is 5.75 Å². The van der Waals surface area contributed by atoms with E-state index in [0.717, 1.165) is 25.0 Å². The molecule has 1 aliphatic heterocycles. The Hall–Kier alpha value is -2.08. The van der Waals surface area contributed by atoms with Gasteiger partial charge in [0.1, 0.15) is 17.9 Å². The third-order valence-electron chi connectivity index (χ3n) is 3.38. The Kier molecular flexibility index (Phi) is 4.95. The van der Waals surface area contributed by atoms with E-state index in [0.29, 0.717) is 17.9 Å². The first-order valence-corrected chi connectivity index (χ1v) is 6.61. The quantitative estimate of drug-likeness (QED) is 0.885. The van der Waals surface area contributed by atoms with Gasteiger partial charge in [-0.15, -0.1) is 0 Å². The highest BCUT2D eigenvalue weighted by Crippen LogP contribution is 2.23. The summed E-state index contributed by atoms with van der Waals surface area (Å²) in [5.41, 5.74) is 1.20. The molecule has 2 rings (SSSR count). The topological polar surface area (TPSA) is 78.1 Å². The molecule has 20 heavy (non-hydrogen) atoms. The van der Waals surface area contributed by atoms with Gasteiger partial charge in [-0.3, -0.25) is 5.32 Å². The van der Waals surface area contributed by atoms with Crippen molar-refractivity contribution in [2.75, 3.05) is 20.3 Å². The normalized spacial score (nSPS) is 19.1. The summed E-state index contributed by atoms with van der Waals surface area (Å²) in [4.78, 5) is 0. The number of hydrogen-bond donors (Lipinski definition) is 1. The third kappa shape index (κ3) is 3.27. The molecule has 2 unspecified atom stereocenters. The van der Waals surface area contributed by atoms with Gasteiger partial charge < -0.3 is 9.47 Å². The van der Waals surface area contributed by atoms with Gasteiger partial charge in [0.2, 0.25) is 0 Å². The highest BCUT2D eigenvalue weighted by atomic mass is 16.5. The van der Waals surface area contributed by atoms with Crippen LogP contribution < -0.4 is 10.1 Å². The van der Waals surface area contributed by atoms with E-state index in [1.54, 1.807) is 18.2 Å². The van der Waals surface area contributed by atoms with Crippen LogP contribution in [-0.2, 0) is 4.74 Å². The van der Waals surface area contributed by atoms with Crippen LogP contribution >= 0.6 is 0 Å². The fraction of sp³-hybridized carbons (Fsp3) is 0.467. The van der Waals surface area contributed by atoms with Gasteiger partial charge in [0, 0.05) is 13.2 Å². The van der Waals surface area contributed by atoms with Gasteiger partial charge in [-0.05, 0) is 30.5 Å². The van der Waals surface area contributed by atoms with Crippen LogP contribution in [0.2, 0.25) is 0 Å². The molecule has 0 amide bonds. The van der Waals surface area contributed by atoms with Crippen molar-refractivity contribution in [3.8, 4) is 17.9 Å². The lowest BCUT2D eigenvalue weighted by Crippen LogP contribution is -2.29. The van der Waals surface area contributed by atoms with E-state index < -0.39 is 6.04 Å². The molecule has 1 saturated heterocycles. The van der Waals surface area contributed by atoms with E-state index in [4.69, 9.17) is 14.7 Å². The molecule has 0 saturated carbocycles. The Balaban J connectivity index is 2.07. The minimum absolute atomic E-state index is 0.180. The van der Waals surface area contributed by atoms with Crippen LogP contribution in [0, 0.1) is 22.7 Å². The number of methoxy groups -OCH3 is 1. The van der Waals surface area contributed by atoms with E-state index in [2.05, 4.69) is 17.5 Å². The van der Waals surface area contributed by atoms with Gasteiger partial charge in [-0.2, -0.15) is 10.5 Å². The smallest absolute Gasteiger partial charge is 0.136 e. The van der Waals surface area contributed by atoms with Crippen LogP contribution in [0.25, 0.3) is 0 Å². The van der Waals surface area contributed by atoms with Gasteiger partial charge >= 0.3 is 0 Å². The van der Waals surface area contributed by atoms with Crippen molar-refractivity contribution >= 4 is 0 Å². The zero-order valence-corrected chi connectivity index (χ0v) is 11.4. The molecule has 1 aromatic carbocycles. The molecule has 0 bridgehead atoms. The van der Waals surface area contributed by atoms with Gasteiger partial charge in [0.05, 0.1) is 24.8 Å². The molecule has 1 fully saturated rings. The first-order chi connectivity index (χ1) is 9.78. The maximum atomic E-state index is 9.28. The predicted octanol–water partition coefficient (Wildman–Crippen LogP) is 1.90. The molecule has 1 aromatic rings. The van der Waals surface area contributed by atoms with Crippen molar-refractivity contribution in [2.24, 2.45) is 0 Å². The molecular formula is C15H17N3O2. The zero-order chi connectivity index (χ0) is 14.4. The lowest BCUT2D eigenvalue weighted by molar-refractivity contribution is 0.109. The van der Waals surface area contributed by atoms with Crippen molar-refractivity contribution in [3.63, 3.8) is 0 Å². The zero-order valence-electron chi connectivity index (χ0n) is 11.4. The number of hydrogen-bond acceptors (Lipinski definition) is 5. The van der Waals surface area contributed by atoms with Crippen molar-refractivity contribution in [1.82, 2.24) is 5.32 Å². The van der Waals surface area contributed by atoms with Crippen molar-refractivity contribution in [1.29, 1.82) is 10.5 Å². The molecule has 1 aliphatic rings. The van der Waals surface area contributed by atoms with Crippen LogP contribution in [0.4, 0.5) is 0 Å². The van der Waals surface area contributed by atoms with Crippen LogP contribution in [0.15, 0.2) is 18.2 Å². The highest BCUT2D eigenvalue weighted by molar-refractivity contribution is 5.46. The number of benzene rings is 1. The van der Waals surface area contributed by atoms with E-state index in [1.807, 2.05) is 0 Å². The number of ether oxygens (including phenoxy) is 2.